The summed E-state index contributed by atoms with van der Waals surface area (Å²) in [6.45, 7) is 4.97. The van der Waals surface area contributed by atoms with Crippen LogP contribution in [-0.4, -0.2) is 81.5 Å². The van der Waals surface area contributed by atoms with Gasteiger partial charge in [0, 0.05) is 64.0 Å². The lowest BCUT2D eigenvalue weighted by Gasteiger charge is -2.35. The van der Waals surface area contributed by atoms with Crippen molar-refractivity contribution in [3.05, 3.63) is 82.9 Å². The molecular weight excluding hydrogens is 514 g/mol. The zero-order valence-electron chi connectivity index (χ0n) is 23.0. The molecule has 2 heterocycles. The highest BCUT2D eigenvalue weighted by atomic mass is 19.1. The summed E-state index contributed by atoms with van der Waals surface area (Å²) >= 11 is 0. The van der Waals surface area contributed by atoms with Gasteiger partial charge >= 0.3 is 0 Å². The molecule has 40 heavy (non-hydrogen) atoms. The number of ether oxygens (including phenoxy) is 1. The molecule has 0 radical (unpaired) electrons. The maximum atomic E-state index is 13.7. The molecule has 0 bridgehead atoms. The number of H-pyrrole nitrogens is 1. The Morgan fingerprint density at radius 1 is 1.02 bits per heavy atom. The summed E-state index contributed by atoms with van der Waals surface area (Å²) < 4.78 is 32.7. The number of carbonyl (C=O) groups is 1. The quantitative estimate of drug-likeness (QED) is 0.320. The molecule has 1 saturated heterocycles. The average Bonchev–Trinajstić information content (AvgIpc) is 3.33. The van der Waals surface area contributed by atoms with Crippen molar-refractivity contribution < 1.29 is 18.3 Å². The molecule has 0 atom stereocenters. The van der Waals surface area contributed by atoms with Crippen LogP contribution in [0.25, 0.3) is 10.9 Å². The van der Waals surface area contributed by atoms with Crippen molar-refractivity contribution in [3.8, 4) is 0 Å². The Bertz CT molecular complexity index is 1480. The monoisotopic (exact) mass is 548 g/mol. The molecule has 0 unspecified atom stereocenters. The fraction of sp³-hybridized carbons (Fsp3) is 0.333. The minimum atomic E-state index is -0.614. The van der Waals surface area contributed by atoms with E-state index in [-0.39, 0.29) is 5.91 Å². The van der Waals surface area contributed by atoms with Crippen LogP contribution in [0.4, 0.5) is 26.0 Å². The van der Waals surface area contributed by atoms with E-state index in [1.165, 1.54) is 12.1 Å². The second-order valence-corrected chi connectivity index (χ2v) is 10.3. The zero-order chi connectivity index (χ0) is 28.2. The van der Waals surface area contributed by atoms with Crippen LogP contribution in [0.2, 0.25) is 0 Å². The highest BCUT2D eigenvalue weighted by Crippen LogP contribution is 2.29. The molecule has 4 aromatic rings. The number of aromatic amines is 1. The normalized spacial score (nSPS) is 14.1. The summed E-state index contributed by atoms with van der Waals surface area (Å²) in [6, 6.07) is 15.0. The maximum Gasteiger partial charge on any atom is 0.258 e. The van der Waals surface area contributed by atoms with Crippen molar-refractivity contribution in [1.29, 1.82) is 0 Å². The summed E-state index contributed by atoms with van der Waals surface area (Å²) in [4.78, 5) is 20.3. The molecule has 0 spiro atoms. The van der Waals surface area contributed by atoms with E-state index in [1.807, 2.05) is 42.3 Å². The lowest BCUT2D eigenvalue weighted by molar-refractivity contribution is 0.102. The number of rotatable bonds is 9. The van der Waals surface area contributed by atoms with Crippen LogP contribution in [-0.2, 0) is 11.2 Å². The number of hydrogen-bond acceptors (Lipinski definition) is 6. The number of piperazine rings is 1. The molecule has 10 heteroatoms. The Morgan fingerprint density at radius 3 is 2.50 bits per heavy atom. The Balaban J connectivity index is 1.41. The van der Waals surface area contributed by atoms with Gasteiger partial charge in [0.05, 0.1) is 23.4 Å². The van der Waals surface area contributed by atoms with Crippen molar-refractivity contribution in [2.45, 2.75) is 6.42 Å². The first-order chi connectivity index (χ1) is 19.3. The topological polar surface area (TPSA) is 76.7 Å². The Morgan fingerprint density at radius 2 is 1.77 bits per heavy atom. The van der Waals surface area contributed by atoms with Gasteiger partial charge in [0.15, 0.2) is 5.82 Å². The number of likely N-dealkylation sites (N-methyl/N-ethyl adjacent to an activating group) is 2. The van der Waals surface area contributed by atoms with Gasteiger partial charge in [0.1, 0.15) is 11.6 Å². The SMILES string of the molecule is COCCN(C)c1cc(N2CCN(C)CC2)ccc1C(=O)Nc1n[nH]c2ccc(Cc3cc(F)cc(F)c3)cc12. The van der Waals surface area contributed by atoms with Gasteiger partial charge in [-0.1, -0.05) is 6.07 Å². The third-order valence-corrected chi connectivity index (χ3v) is 7.33. The van der Waals surface area contributed by atoms with E-state index >= 15 is 0 Å². The van der Waals surface area contributed by atoms with Crippen LogP contribution >= 0.6 is 0 Å². The number of aromatic nitrogens is 2. The molecule has 5 rings (SSSR count). The Hall–Kier alpha value is -4.02. The first-order valence-electron chi connectivity index (χ1n) is 13.3. The standard InChI is InChI=1S/C30H34F2N6O2/c1-36-8-10-38(11-9-36)24-5-6-25(28(19-24)37(2)12-13-40-3)30(39)33-29-26-17-20(4-7-27(26)34-35-29)14-21-15-22(31)18-23(32)16-21/h4-7,15-19H,8-14H2,1-3H3,(H2,33,34,35,39). The third-order valence-electron chi connectivity index (χ3n) is 7.33. The van der Waals surface area contributed by atoms with E-state index in [9.17, 15) is 13.6 Å². The van der Waals surface area contributed by atoms with Gasteiger partial charge in [-0.05, 0) is 67.1 Å². The molecule has 210 valence electrons. The van der Waals surface area contributed by atoms with Gasteiger partial charge < -0.3 is 24.8 Å². The number of halogens is 2. The van der Waals surface area contributed by atoms with Gasteiger partial charge in [-0.3, -0.25) is 9.89 Å². The fourth-order valence-electron chi connectivity index (χ4n) is 5.03. The number of nitrogens with one attached hydrogen (secondary N) is 2. The number of methoxy groups -OCH3 is 1. The molecule has 1 amide bonds. The second kappa shape index (κ2) is 12.0. The predicted octanol–water partition coefficient (Wildman–Crippen LogP) is 4.52. The number of anilines is 3. The highest BCUT2D eigenvalue weighted by Gasteiger charge is 2.21. The van der Waals surface area contributed by atoms with Gasteiger partial charge in [0.25, 0.3) is 5.91 Å². The molecular formula is C30H34F2N6O2. The summed E-state index contributed by atoms with van der Waals surface area (Å²) in [5, 5.41) is 11.0. The summed E-state index contributed by atoms with van der Waals surface area (Å²) in [5.41, 5.74) is 4.51. The van der Waals surface area contributed by atoms with Gasteiger partial charge in [-0.2, -0.15) is 5.10 Å². The highest BCUT2D eigenvalue weighted by molar-refractivity contribution is 6.11. The summed E-state index contributed by atoms with van der Waals surface area (Å²) in [7, 11) is 5.73. The van der Waals surface area contributed by atoms with Crippen LogP contribution in [0.1, 0.15) is 21.5 Å². The van der Waals surface area contributed by atoms with Crippen LogP contribution in [0.5, 0.6) is 0 Å². The molecule has 3 aromatic carbocycles. The number of amides is 1. The van der Waals surface area contributed by atoms with E-state index < -0.39 is 11.6 Å². The average molecular weight is 549 g/mol. The molecule has 1 aromatic heterocycles. The minimum Gasteiger partial charge on any atom is -0.383 e. The van der Waals surface area contributed by atoms with E-state index in [0.717, 1.165) is 54.7 Å². The van der Waals surface area contributed by atoms with E-state index in [4.69, 9.17) is 4.74 Å². The van der Waals surface area contributed by atoms with Crippen LogP contribution < -0.4 is 15.1 Å². The Kier molecular flexibility index (Phi) is 8.27. The van der Waals surface area contributed by atoms with Crippen molar-refractivity contribution in [3.63, 3.8) is 0 Å². The fourth-order valence-corrected chi connectivity index (χ4v) is 5.03. The molecule has 1 aliphatic rings. The summed E-state index contributed by atoms with van der Waals surface area (Å²) in [6.07, 6.45) is 0.339. The first-order valence-corrected chi connectivity index (χ1v) is 13.3. The van der Waals surface area contributed by atoms with E-state index in [0.29, 0.717) is 41.9 Å². The lowest BCUT2D eigenvalue weighted by Crippen LogP contribution is -2.44. The first kappa shape index (κ1) is 27.5. The van der Waals surface area contributed by atoms with Crippen molar-refractivity contribution >= 4 is 34.0 Å². The molecule has 0 aliphatic carbocycles. The number of fused-ring (bicyclic) bond motifs is 1. The molecule has 8 nitrogen and oxygen atoms in total. The van der Waals surface area contributed by atoms with Crippen molar-refractivity contribution in [2.75, 3.05) is 75.7 Å². The number of carbonyl (C=O) groups excluding carboxylic acids is 1. The number of hydrogen-bond donors (Lipinski definition) is 2. The number of nitrogens with zero attached hydrogens (tertiary/aromatic N) is 4. The predicted molar refractivity (Wildman–Crippen MR) is 155 cm³/mol. The zero-order valence-corrected chi connectivity index (χ0v) is 23.0. The Labute approximate surface area is 232 Å². The van der Waals surface area contributed by atoms with Crippen LogP contribution in [0.15, 0.2) is 54.6 Å². The lowest BCUT2D eigenvalue weighted by atomic mass is 10.0. The van der Waals surface area contributed by atoms with Crippen molar-refractivity contribution in [2.24, 2.45) is 0 Å². The maximum absolute atomic E-state index is 13.7. The van der Waals surface area contributed by atoms with Gasteiger partial charge in [-0.25, -0.2) is 8.78 Å². The molecule has 2 N–H and O–H groups in total. The largest absolute Gasteiger partial charge is 0.383 e. The molecule has 0 saturated carbocycles. The summed E-state index contributed by atoms with van der Waals surface area (Å²) in [5.74, 6) is -1.12. The molecule has 1 aliphatic heterocycles. The van der Waals surface area contributed by atoms with E-state index in [1.54, 1.807) is 7.11 Å². The van der Waals surface area contributed by atoms with Gasteiger partial charge in [-0.15, -0.1) is 0 Å². The number of benzene rings is 3. The third kappa shape index (κ3) is 6.24. The minimum absolute atomic E-state index is 0.282. The van der Waals surface area contributed by atoms with Gasteiger partial charge in [0.2, 0.25) is 0 Å². The smallest absolute Gasteiger partial charge is 0.258 e. The van der Waals surface area contributed by atoms with Crippen LogP contribution in [0, 0.1) is 11.6 Å². The molecule has 1 fully saturated rings. The second-order valence-electron chi connectivity index (χ2n) is 10.3. The van der Waals surface area contributed by atoms with E-state index in [2.05, 4.69) is 38.4 Å². The van der Waals surface area contributed by atoms with Crippen molar-refractivity contribution in [1.82, 2.24) is 15.1 Å². The van der Waals surface area contributed by atoms with Crippen LogP contribution in [0.3, 0.4) is 0 Å².